The Morgan fingerprint density at radius 1 is 1.26 bits per heavy atom. The highest BCUT2D eigenvalue weighted by Crippen LogP contribution is 2.24. The van der Waals surface area contributed by atoms with Gasteiger partial charge in [0.1, 0.15) is 12.1 Å². The van der Waals surface area contributed by atoms with Crippen molar-refractivity contribution in [1.82, 2.24) is 9.97 Å². The van der Waals surface area contributed by atoms with E-state index in [1.165, 1.54) is 12.4 Å². The van der Waals surface area contributed by atoms with E-state index in [1.54, 1.807) is 18.2 Å². The molecule has 0 atom stereocenters. The zero-order valence-corrected chi connectivity index (χ0v) is 11.0. The Hall–Kier alpha value is -2.17. The van der Waals surface area contributed by atoms with Crippen LogP contribution in [0.25, 0.3) is 0 Å². The van der Waals surface area contributed by atoms with Crippen LogP contribution in [0.5, 0.6) is 11.6 Å². The van der Waals surface area contributed by atoms with E-state index in [2.05, 4.69) is 22.2 Å². The normalized spacial score (nSPS) is 10.3. The van der Waals surface area contributed by atoms with Gasteiger partial charge in [0, 0.05) is 12.6 Å². The molecule has 4 nitrogen and oxygen atoms in total. The fourth-order valence-electron chi connectivity index (χ4n) is 1.55. The highest BCUT2D eigenvalue weighted by atomic mass is 19.1. The van der Waals surface area contributed by atoms with Gasteiger partial charge in [0.05, 0.1) is 0 Å². The van der Waals surface area contributed by atoms with Crippen LogP contribution in [0.2, 0.25) is 0 Å². The molecular formula is C14H16FN3O. The Balaban J connectivity index is 2.16. The first-order chi connectivity index (χ1) is 9.19. The van der Waals surface area contributed by atoms with Gasteiger partial charge in [-0.05, 0) is 31.0 Å². The van der Waals surface area contributed by atoms with Crippen LogP contribution in [0.1, 0.15) is 18.9 Å². The molecule has 0 saturated carbocycles. The van der Waals surface area contributed by atoms with Gasteiger partial charge in [0.15, 0.2) is 11.6 Å². The summed E-state index contributed by atoms with van der Waals surface area (Å²) in [5, 5.41) is 3.12. The van der Waals surface area contributed by atoms with Crippen molar-refractivity contribution in [3.05, 3.63) is 42.0 Å². The van der Waals surface area contributed by atoms with Crippen molar-refractivity contribution in [3.63, 3.8) is 0 Å². The number of anilines is 1. The molecule has 0 bridgehead atoms. The summed E-state index contributed by atoms with van der Waals surface area (Å²) in [5.74, 6) is 0.741. The predicted octanol–water partition coefficient (Wildman–Crippen LogP) is 3.54. The second-order valence-corrected chi connectivity index (χ2v) is 4.20. The molecule has 1 aromatic heterocycles. The number of benzene rings is 1. The standard InChI is InChI=1S/C14H16FN3O/c1-3-6-16-13-8-14(18-9-17-13)19-12-7-10(2)4-5-11(12)15/h4-5,7-9H,3,6H2,1-2H3,(H,16,17,18). The Labute approximate surface area is 111 Å². The molecule has 0 aliphatic carbocycles. The van der Waals surface area contributed by atoms with E-state index in [4.69, 9.17) is 4.74 Å². The third kappa shape index (κ3) is 3.64. The van der Waals surface area contributed by atoms with Crippen molar-refractivity contribution < 1.29 is 9.13 Å². The molecular weight excluding hydrogens is 245 g/mol. The quantitative estimate of drug-likeness (QED) is 0.894. The first kappa shape index (κ1) is 13.3. The second-order valence-electron chi connectivity index (χ2n) is 4.20. The molecule has 0 aliphatic heterocycles. The average Bonchev–Trinajstić information content (AvgIpc) is 2.41. The summed E-state index contributed by atoms with van der Waals surface area (Å²) in [5.41, 5.74) is 0.926. The molecule has 0 unspecified atom stereocenters. The molecule has 1 heterocycles. The van der Waals surface area contributed by atoms with Crippen LogP contribution < -0.4 is 10.1 Å². The molecule has 100 valence electrons. The van der Waals surface area contributed by atoms with Crippen LogP contribution in [0, 0.1) is 12.7 Å². The predicted molar refractivity (Wildman–Crippen MR) is 72.0 cm³/mol. The van der Waals surface area contributed by atoms with Crippen molar-refractivity contribution in [2.45, 2.75) is 20.3 Å². The van der Waals surface area contributed by atoms with E-state index >= 15 is 0 Å². The lowest BCUT2D eigenvalue weighted by molar-refractivity contribution is 0.426. The van der Waals surface area contributed by atoms with Gasteiger partial charge in [0.2, 0.25) is 5.88 Å². The third-order valence-electron chi connectivity index (χ3n) is 2.50. The molecule has 1 N–H and O–H groups in total. The molecule has 2 aromatic rings. The van der Waals surface area contributed by atoms with E-state index in [-0.39, 0.29) is 5.75 Å². The van der Waals surface area contributed by atoms with Crippen molar-refractivity contribution >= 4 is 5.82 Å². The minimum atomic E-state index is -0.410. The van der Waals surface area contributed by atoms with Crippen LogP contribution in [0.15, 0.2) is 30.6 Å². The van der Waals surface area contributed by atoms with Gasteiger partial charge in [-0.15, -0.1) is 0 Å². The summed E-state index contributed by atoms with van der Waals surface area (Å²) in [6, 6.07) is 6.35. The second kappa shape index (κ2) is 6.13. The average molecular weight is 261 g/mol. The Morgan fingerprint density at radius 3 is 2.89 bits per heavy atom. The molecule has 0 amide bonds. The van der Waals surface area contributed by atoms with E-state index in [9.17, 15) is 4.39 Å². The summed E-state index contributed by atoms with van der Waals surface area (Å²) in [7, 11) is 0. The van der Waals surface area contributed by atoms with Gasteiger partial charge in [-0.25, -0.2) is 14.4 Å². The molecule has 19 heavy (non-hydrogen) atoms. The largest absolute Gasteiger partial charge is 0.436 e. The maximum absolute atomic E-state index is 13.6. The number of nitrogens with one attached hydrogen (secondary N) is 1. The first-order valence-electron chi connectivity index (χ1n) is 6.19. The molecule has 0 radical (unpaired) electrons. The number of aromatic nitrogens is 2. The lowest BCUT2D eigenvalue weighted by Gasteiger charge is -2.08. The van der Waals surface area contributed by atoms with Crippen LogP contribution in [-0.4, -0.2) is 16.5 Å². The molecule has 1 aromatic carbocycles. The maximum atomic E-state index is 13.6. The summed E-state index contributed by atoms with van der Waals surface area (Å²) in [6.45, 7) is 4.75. The lowest BCUT2D eigenvalue weighted by Crippen LogP contribution is -2.02. The van der Waals surface area contributed by atoms with Gasteiger partial charge in [-0.1, -0.05) is 13.0 Å². The summed E-state index contributed by atoms with van der Waals surface area (Å²) in [6.07, 6.45) is 2.38. The number of halogens is 1. The number of nitrogens with zero attached hydrogens (tertiary/aromatic N) is 2. The molecule has 2 rings (SSSR count). The van der Waals surface area contributed by atoms with Gasteiger partial charge < -0.3 is 10.1 Å². The maximum Gasteiger partial charge on any atom is 0.224 e. The molecule has 0 spiro atoms. The Bertz CT molecular complexity index is 560. The topological polar surface area (TPSA) is 47.0 Å². The summed E-state index contributed by atoms with van der Waals surface area (Å²) in [4.78, 5) is 8.04. The van der Waals surface area contributed by atoms with Gasteiger partial charge in [-0.2, -0.15) is 0 Å². The van der Waals surface area contributed by atoms with Gasteiger partial charge >= 0.3 is 0 Å². The fourth-order valence-corrected chi connectivity index (χ4v) is 1.55. The minimum Gasteiger partial charge on any atom is -0.436 e. The van der Waals surface area contributed by atoms with E-state index < -0.39 is 5.82 Å². The molecule has 5 heteroatoms. The van der Waals surface area contributed by atoms with Crippen LogP contribution in [0.3, 0.4) is 0 Å². The van der Waals surface area contributed by atoms with Crippen LogP contribution in [-0.2, 0) is 0 Å². The van der Waals surface area contributed by atoms with Crippen LogP contribution >= 0.6 is 0 Å². The van der Waals surface area contributed by atoms with Crippen molar-refractivity contribution in [3.8, 4) is 11.6 Å². The Kier molecular flexibility index (Phi) is 4.28. The number of aryl methyl sites for hydroxylation is 1. The van der Waals surface area contributed by atoms with Crippen LogP contribution in [0.4, 0.5) is 10.2 Å². The highest BCUT2D eigenvalue weighted by Gasteiger charge is 2.06. The van der Waals surface area contributed by atoms with E-state index in [0.717, 1.165) is 18.5 Å². The highest BCUT2D eigenvalue weighted by molar-refractivity contribution is 5.39. The monoisotopic (exact) mass is 261 g/mol. The zero-order chi connectivity index (χ0) is 13.7. The minimum absolute atomic E-state index is 0.167. The van der Waals surface area contributed by atoms with Crippen molar-refractivity contribution in [2.24, 2.45) is 0 Å². The summed E-state index contributed by atoms with van der Waals surface area (Å²) < 4.78 is 19.0. The number of hydrogen-bond donors (Lipinski definition) is 1. The zero-order valence-electron chi connectivity index (χ0n) is 11.0. The number of ether oxygens (including phenoxy) is 1. The number of hydrogen-bond acceptors (Lipinski definition) is 4. The fraction of sp³-hybridized carbons (Fsp3) is 0.286. The van der Waals surface area contributed by atoms with E-state index in [1.807, 2.05) is 6.92 Å². The van der Waals surface area contributed by atoms with Crippen molar-refractivity contribution in [1.29, 1.82) is 0 Å². The van der Waals surface area contributed by atoms with Gasteiger partial charge in [0.25, 0.3) is 0 Å². The lowest BCUT2D eigenvalue weighted by atomic mass is 10.2. The third-order valence-corrected chi connectivity index (χ3v) is 2.50. The SMILES string of the molecule is CCCNc1cc(Oc2cc(C)ccc2F)ncn1. The number of rotatable bonds is 5. The summed E-state index contributed by atoms with van der Waals surface area (Å²) >= 11 is 0. The van der Waals surface area contributed by atoms with E-state index in [0.29, 0.717) is 11.7 Å². The first-order valence-corrected chi connectivity index (χ1v) is 6.19. The van der Waals surface area contributed by atoms with Crippen molar-refractivity contribution in [2.75, 3.05) is 11.9 Å². The van der Waals surface area contributed by atoms with Gasteiger partial charge in [-0.3, -0.25) is 0 Å². The molecule has 0 fully saturated rings. The Morgan fingerprint density at radius 2 is 2.11 bits per heavy atom. The molecule has 0 saturated heterocycles. The smallest absolute Gasteiger partial charge is 0.224 e. The molecule has 0 aliphatic rings.